The summed E-state index contributed by atoms with van der Waals surface area (Å²) in [6.07, 6.45) is 4.48. The number of aliphatic carboxylic acids is 1. The van der Waals surface area contributed by atoms with Gasteiger partial charge in [0.15, 0.2) is 0 Å². The van der Waals surface area contributed by atoms with E-state index < -0.39 is 5.97 Å². The molecule has 1 N–H and O–H groups in total. The molecule has 0 unspecified atom stereocenters. The summed E-state index contributed by atoms with van der Waals surface area (Å²) in [6, 6.07) is 0. The number of hydrogen-bond donors (Lipinski definition) is 1. The molecule has 3 nitrogen and oxygen atoms in total. The van der Waals surface area contributed by atoms with Crippen LogP contribution in [0.4, 0.5) is 0 Å². The second-order valence-corrected chi connectivity index (χ2v) is 3.22. The summed E-state index contributed by atoms with van der Waals surface area (Å²) in [5, 5.41) is 8.68. The van der Waals surface area contributed by atoms with E-state index in [0.29, 0.717) is 12.3 Å². The zero-order valence-electron chi connectivity index (χ0n) is 8.08. The van der Waals surface area contributed by atoms with Gasteiger partial charge < -0.3 is 5.11 Å². The lowest BCUT2D eigenvalue weighted by Gasteiger charge is -2.10. The maximum Gasteiger partial charge on any atom is 0.354 e. The number of carboxylic acid groups (broad SMARTS) is 1. The Labute approximate surface area is 78.2 Å². The minimum absolute atomic E-state index is 0.210. The maximum atomic E-state index is 10.6. The normalized spacial score (nSPS) is 15.9. The Morgan fingerprint density at radius 2 is 2.23 bits per heavy atom. The second-order valence-electron chi connectivity index (χ2n) is 3.22. The Morgan fingerprint density at radius 1 is 1.62 bits per heavy atom. The topological polar surface area (TPSA) is 49.7 Å². The standard InChI is InChI=1S/C10H15NO2/c1-3-7(4-2)8-5-6-9(11-8)10(12)13/h6-7H,3-5H2,1-2H3,(H,12,13). The smallest absolute Gasteiger partial charge is 0.354 e. The van der Waals surface area contributed by atoms with Crippen LogP contribution in [0.5, 0.6) is 0 Å². The summed E-state index contributed by atoms with van der Waals surface area (Å²) in [4.78, 5) is 14.7. The van der Waals surface area contributed by atoms with Gasteiger partial charge in [0, 0.05) is 12.1 Å². The monoisotopic (exact) mass is 181 g/mol. The van der Waals surface area contributed by atoms with Gasteiger partial charge in [-0.1, -0.05) is 13.8 Å². The maximum absolute atomic E-state index is 10.6. The number of carbonyl (C=O) groups is 1. The third-order valence-corrected chi connectivity index (χ3v) is 2.44. The molecule has 0 saturated carbocycles. The molecule has 0 radical (unpaired) electrons. The van der Waals surface area contributed by atoms with E-state index >= 15 is 0 Å². The fourth-order valence-corrected chi connectivity index (χ4v) is 1.60. The molecule has 0 spiro atoms. The van der Waals surface area contributed by atoms with E-state index in [1.165, 1.54) is 0 Å². The van der Waals surface area contributed by atoms with Crippen LogP contribution in [0.3, 0.4) is 0 Å². The van der Waals surface area contributed by atoms with Crippen molar-refractivity contribution in [2.24, 2.45) is 10.9 Å². The summed E-state index contributed by atoms with van der Waals surface area (Å²) >= 11 is 0. The van der Waals surface area contributed by atoms with Crippen molar-refractivity contribution in [3.63, 3.8) is 0 Å². The number of allylic oxidation sites excluding steroid dienone is 1. The Morgan fingerprint density at radius 3 is 2.62 bits per heavy atom. The molecule has 0 saturated heterocycles. The molecule has 13 heavy (non-hydrogen) atoms. The van der Waals surface area contributed by atoms with E-state index in [1.807, 2.05) is 0 Å². The molecule has 0 aromatic rings. The van der Waals surface area contributed by atoms with Gasteiger partial charge in [0.2, 0.25) is 0 Å². The predicted molar refractivity (Wildman–Crippen MR) is 51.8 cm³/mol. The molecule has 1 aliphatic heterocycles. The minimum Gasteiger partial charge on any atom is -0.477 e. The molecule has 0 aromatic heterocycles. The van der Waals surface area contributed by atoms with Gasteiger partial charge in [-0.3, -0.25) is 0 Å². The average Bonchev–Trinajstić information content (AvgIpc) is 2.56. The molecule has 1 heterocycles. The SMILES string of the molecule is CCC(CC)C1=NC(C(=O)O)=CC1. The highest BCUT2D eigenvalue weighted by atomic mass is 16.4. The van der Waals surface area contributed by atoms with Crippen LogP contribution in [0.25, 0.3) is 0 Å². The third-order valence-electron chi connectivity index (χ3n) is 2.44. The zero-order chi connectivity index (χ0) is 9.84. The summed E-state index contributed by atoms with van der Waals surface area (Å²) in [6.45, 7) is 4.21. The van der Waals surface area contributed by atoms with Gasteiger partial charge in [0.25, 0.3) is 0 Å². The minimum atomic E-state index is -0.916. The van der Waals surface area contributed by atoms with Crippen molar-refractivity contribution in [2.75, 3.05) is 0 Å². The lowest BCUT2D eigenvalue weighted by Crippen LogP contribution is -2.10. The molecular weight excluding hydrogens is 166 g/mol. The molecule has 1 aliphatic rings. The highest BCUT2D eigenvalue weighted by Crippen LogP contribution is 2.20. The number of nitrogens with zero attached hydrogens (tertiary/aromatic N) is 1. The van der Waals surface area contributed by atoms with Gasteiger partial charge >= 0.3 is 5.97 Å². The number of rotatable bonds is 4. The fraction of sp³-hybridized carbons (Fsp3) is 0.600. The molecule has 0 bridgehead atoms. The highest BCUT2D eigenvalue weighted by molar-refractivity contribution is 5.98. The molecule has 72 valence electrons. The van der Waals surface area contributed by atoms with Gasteiger partial charge in [0.05, 0.1) is 0 Å². The summed E-state index contributed by atoms with van der Waals surface area (Å²) in [5.41, 5.74) is 1.24. The number of aliphatic imine (C=N–C) groups is 1. The lowest BCUT2D eigenvalue weighted by molar-refractivity contribution is -0.132. The van der Waals surface area contributed by atoms with E-state index in [-0.39, 0.29) is 5.70 Å². The molecule has 0 fully saturated rings. The Kier molecular flexibility index (Phi) is 3.23. The van der Waals surface area contributed by atoms with Gasteiger partial charge in [-0.05, 0) is 24.8 Å². The van der Waals surface area contributed by atoms with Gasteiger partial charge in [-0.15, -0.1) is 0 Å². The average molecular weight is 181 g/mol. The van der Waals surface area contributed by atoms with Crippen molar-refractivity contribution in [1.82, 2.24) is 0 Å². The van der Waals surface area contributed by atoms with Crippen LogP contribution in [-0.2, 0) is 4.79 Å². The molecule has 0 aromatic carbocycles. The Balaban J connectivity index is 2.68. The molecule has 0 aliphatic carbocycles. The van der Waals surface area contributed by atoms with Crippen molar-refractivity contribution in [1.29, 1.82) is 0 Å². The second kappa shape index (κ2) is 4.21. The first-order valence-electron chi connectivity index (χ1n) is 4.69. The van der Waals surface area contributed by atoms with E-state index in [9.17, 15) is 4.79 Å². The van der Waals surface area contributed by atoms with Gasteiger partial charge in [0.1, 0.15) is 5.70 Å². The van der Waals surface area contributed by atoms with Crippen LogP contribution in [0, 0.1) is 5.92 Å². The Hall–Kier alpha value is -1.12. The fourth-order valence-electron chi connectivity index (χ4n) is 1.60. The van der Waals surface area contributed by atoms with Crippen LogP contribution in [0.1, 0.15) is 33.1 Å². The van der Waals surface area contributed by atoms with Gasteiger partial charge in [-0.2, -0.15) is 0 Å². The number of carboxylic acids is 1. The molecule has 3 heteroatoms. The van der Waals surface area contributed by atoms with Crippen molar-refractivity contribution >= 4 is 11.7 Å². The summed E-state index contributed by atoms with van der Waals surface area (Å²) < 4.78 is 0. The summed E-state index contributed by atoms with van der Waals surface area (Å²) in [7, 11) is 0. The molecule has 1 rings (SSSR count). The van der Waals surface area contributed by atoms with Crippen LogP contribution in [-0.4, -0.2) is 16.8 Å². The predicted octanol–water partition coefficient (Wildman–Crippen LogP) is 2.24. The zero-order valence-corrected chi connectivity index (χ0v) is 8.08. The van der Waals surface area contributed by atoms with Crippen molar-refractivity contribution in [2.45, 2.75) is 33.1 Å². The van der Waals surface area contributed by atoms with E-state index in [2.05, 4.69) is 18.8 Å². The van der Waals surface area contributed by atoms with Crippen LogP contribution in [0.15, 0.2) is 16.8 Å². The van der Waals surface area contributed by atoms with Crippen LogP contribution >= 0.6 is 0 Å². The van der Waals surface area contributed by atoms with E-state index in [0.717, 1.165) is 18.6 Å². The summed E-state index contributed by atoms with van der Waals surface area (Å²) in [5.74, 6) is -0.464. The largest absolute Gasteiger partial charge is 0.477 e. The Bertz CT molecular complexity index is 262. The van der Waals surface area contributed by atoms with Crippen LogP contribution in [0.2, 0.25) is 0 Å². The number of hydrogen-bond acceptors (Lipinski definition) is 2. The molecule has 0 amide bonds. The first-order chi connectivity index (χ1) is 6.19. The van der Waals surface area contributed by atoms with Crippen molar-refractivity contribution in [3.8, 4) is 0 Å². The van der Waals surface area contributed by atoms with Crippen molar-refractivity contribution < 1.29 is 9.90 Å². The molecule has 0 atom stereocenters. The third kappa shape index (κ3) is 2.17. The lowest BCUT2D eigenvalue weighted by atomic mass is 9.96. The van der Waals surface area contributed by atoms with E-state index in [4.69, 9.17) is 5.11 Å². The molecular formula is C10H15NO2. The van der Waals surface area contributed by atoms with Crippen LogP contribution < -0.4 is 0 Å². The van der Waals surface area contributed by atoms with Crippen molar-refractivity contribution in [3.05, 3.63) is 11.8 Å². The first-order valence-corrected chi connectivity index (χ1v) is 4.69. The quantitative estimate of drug-likeness (QED) is 0.723. The first kappa shape index (κ1) is 9.96. The van der Waals surface area contributed by atoms with Gasteiger partial charge in [-0.25, -0.2) is 9.79 Å². The van der Waals surface area contributed by atoms with E-state index in [1.54, 1.807) is 6.08 Å². The highest BCUT2D eigenvalue weighted by Gasteiger charge is 2.19.